The number of aromatic nitrogens is 1. The molecule has 100 valence electrons. The minimum Gasteiger partial charge on any atom is -0.477 e. The number of aryl methyl sites for hydroxylation is 1. The summed E-state index contributed by atoms with van der Waals surface area (Å²) in [7, 11) is -3.69. The minimum atomic E-state index is -3.69. The summed E-state index contributed by atoms with van der Waals surface area (Å²) in [6.45, 7) is 2.22. The maximum Gasteiger partial charge on any atom is 0.352 e. The van der Waals surface area contributed by atoms with E-state index in [-0.39, 0.29) is 23.7 Å². The Morgan fingerprint density at radius 2 is 2.11 bits per heavy atom. The van der Waals surface area contributed by atoms with Crippen LogP contribution in [0.2, 0.25) is 0 Å². The molecule has 0 aliphatic carbocycles. The van der Waals surface area contributed by atoms with Crippen LogP contribution in [0.1, 0.15) is 17.4 Å². The van der Waals surface area contributed by atoms with Crippen LogP contribution < -0.4 is 0 Å². The van der Waals surface area contributed by atoms with E-state index >= 15 is 0 Å². The number of rotatable bonds is 4. The van der Waals surface area contributed by atoms with Gasteiger partial charge in [-0.05, 0) is 13.0 Å². The van der Waals surface area contributed by atoms with Gasteiger partial charge in [-0.1, -0.05) is 0 Å². The fourth-order valence-corrected chi connectivity index (χ4v) is 3.38. The fraction of sp³-hybridized carbons (Fsp3) is 0.500. The largest absolute Gasteiger partial charge is 0.477 e. The summed E-state index contributed by atoms with van der Waals surface area (Å²) in [5.41, 5.74) is -0.0582. The van der Waals surface area contributed by atoms with Gasteiger partial charge in [0.2, 0.25) is 10.0 Å². The van der Waals surface area contributed by atoms with Crippen molar-refractivity contribution in [3.63, 3.8) is 0 Å². The van der Waals surface area contributed by atoms with Gasteiger partial charge in [-0.3, -0.25) is 0 Å². The summed E-state index contributed by atoms with van der Waals surface area (Å²) >= 11 is 0. The molecule has 0 aromatic carbocycles. The van der Waals surface area contributed by atoms with Crippen molar-refractivity contribution in [3.8, 4) is 0 Å². The van der Waals surface area contributed by atoms with Crippen molar-refractivity contribution in [2.24, 2.45) is 0 Å². The highest BCUT2D eigenvalue weighted by Crippen LogP contribution is 2.23. The van der Waals surface area contributed by atoms with E-state index in [2.05, 4.69) is 0 Å². The number of sulfonamides is 1. The molecule has 1 saturated heterocycles. The second-order valence-corrected chi connectivity index (χ2v) is 6.07. The third kappa shape index (κ3) is 2.02. The Hall–Kier alpha value is -1.38. The molecular weight excluding hydrogens is 260 g/mol. The van der Waals surface area contributed by atoms with Crippen LogP contribution >= 0.6 is 0 Å². The highest BCUT2D eigenvalue weighted by atomic mass is 32.2. The molecule has 1 aromatic rings. The number of nitrogens with zero attached hydrogens (tertiary/aromatic N) is 2. The van der Waals surface area contributed by atoms with Crippen molar-refractivity contribution < 1.29 is 23.4 Å². The summed E-state index contributed by atoms with van der Waals surface area (Å²) in [6.07, 6.45) is 0.677. The molecule has 0 bridgehead atoms. The smallest absolute Gasteiger partial charge is 0.352 e. The summed E-state index contributed by atoms with van der Waals surface area (Å²) < 4.78 is 26.6. The number of carboxylic acids is 1. The van der Waals surface area contributed by atoms with Gasteiger partial charge in [0.25, 0.3) is 0 Å². The second-order valence-electron chi connectivity index (χ2n) is 4.13. The number of aromatic carboxylic acids is 1. The Bertz CT molecular complexity index is 571. The van der Waals surface area contributed by atoms with Crippen LogP contribution in [-0.4, -0.2) is 52.7 Å². The third-order valence-corrected chi connectivity index (χ3v) is 4.69. The first-order valence-corrected chi connectivity index (χ1v) is 6.92. The van der Waals surface area contributed by atoms with Crippen LogP contribution in [0.3, 0.4) is 0 Å². The molecule has 0 atom stereocenters. The molecule has 0 unspecified atom stereocenters. The Morgan fingerprint density at radius 1 is 1.50 bits per heavy atom. The quantitative estimate of drug-likeness (QED) is 0.776. The van der Waals surface area contributed by atoms with Gasteiger partial charge in [0, 0.05) is 25.8 Å². The molecule has 2 rings (SSSR count). The van der Waals surface area contributed by atoms with E-state index in [9.17, 15) is 13.2 Å². The molecule has 2 heterocycles. The van der Waals surface area contributed by atoms with E-state index in [4.69, 9.17) is 10.2 Å². The van der Waals surface area contributed by atoms with Crippen LogP contribution in [0.4, 0.5) is 0 Å². The van der Waals surface area contributed by atoms with E-state index in [1.54, 1.807) is 6.92 Å². The van der Waals surface area contributed by atoms with Crippen LogP contribution in [0.15, 0.2) is 17.2 Å². The van der Waals surface area contributed by atoms with E-state index < -0.39 is 22.1 Å². The standard InChI is InChI=1S/C10H14N2O5S/c1-2-11-6-8(3-9(11)10(14)15)18(16,17)12-4-7(13)5-12/h3,6-7,13H,2,4-5H2,1H3,(H,14,15). The predicted octanol–water partition coefficient (Wildman–Crippen LogP) is -0.429. The number of carboxylic acid groups (broad SMARTS) is 1. The van der Waals surface area contributed by atoms with E-state index in [0.717, 1.165) is 10.4 Å². The number of aliphatic hydroxyl groups is 1. The van der Waals surface area contributed by atoms with Crippen molar-refractivity contribution in [2.45, 2.75) is 24.5 Å². The zero-order valence-corrected chi connectivity index (χ0v) is 10.6. The second kappa shape index (κ2) is 4.38. The van der Waals surface area contributed by atoms with E-state index in [0.29, 0.717) is 6.54 Å². The van der Waals surface area contributed by atoms with Crippen molar-refractivity contribution >= 4 is 16.0 Å². The molecule has 8 heteroatoms. The normalized spacial score (nSPS) is 17.7. The first kappa shape index (κ1) is 13.1. The maximum absolute atomic E-state index is 12.1. The Kier molecular flexibility index (Phi) is 3.18. The average molecular weight is 274 g/mol. The first-order valence-electron chi connectivity index (χ1n) is 5.48. The van der Waals surface area contributed by atoms with Crippen LogP contribution in [0.25, 0.3) is 0 Å². The predicted molar refractivity (Wildman–Crippen MR) is 61.8 cm³/mol. The Balaban J connectivity index is 2.37. The molecule has 0 amide bonds. The highest BCUT2D eigenvalue weighted by molar-refractivity contribution is 7.89. The van der Waals surface area contributed by atoms with Gasteiger partial charge in [-0.2, -0.15) is 4.31 Å². The van der Waals surface area contributed by atoms with Crippen LogP contribution in [0.5, 0.6) is 0 Å². The lowest BCUT2D eigenvalue weighted by Gasteiger charge is -2.34. The van der Waals surface area contributed by atoms with E-state index in [1.165, 1.54) is 10.8 Å². The molecule has 1 aromatic heterocycles. The van der Waals surface area contributed by atoms with Crippen LogP contribution in [0, 0.1) is 0 Å². The van der Waals surface area contributed by atoms with Crippen molar-refractivity contribution in [2.75, 3.05) is 13.1 Å². The first-order chi connectivity index (χ1) is 8.36. The SMILES string of the molecule is CCn1cc(S(=O)(=O)N2CC(O)C2)cc1C(=O)O. The molecule has 1 fully saturated rings. The zero-order chi connectivity index (χ0) is 13.5. The highest BCUT2D eigenvalue weighted by Gasteiger charge is 2.36. The number of aliphatic hydroxyl groups excluding tert-OH is 1. The van der Waals surface area contributed by atoms with E-state index in [1.807, 2.05) is 0 Å². The van der Waals surface area contributed by atoms with Gasteiger partial charge in [0.05, 0.1) is 6.10 Å². The fourth-order valence-electron chi connectivity index (χ4n) is 1.83. The number of β-amino-alcohol motifs (C(OH)–C–C–N with tert-alkyl or cyclic N) is 1. The molecular formula is C10H14N2O5S. The molecule has 0 radical (unpaired) electrons. The molecule has 0 saturated carbocycles. The lowest BCUT2D eigenvalue weighted by molar-refractivity contribution is 0.0547. The molecule has 18 heavy (non-hydrogen) atoms. The van der Waals surface area contributed by atoms with Gasteiger partial charge in [0.15, 0.2) is 0 Å². The summed E-state index contributed by atoms with van der Waals surface area (Å²) in [6, 6.07) is 1.14. The number of carbonyl (C=O) groups is 1. The molecule has 1 aliphatic rings. The summed E-state index contributed by atoms with van der Waals surface area (Å²) in [5, 5.41) is 18.1. The molecule has 0 spiro atoms. The van der Waals surface area contributed by atoms with Gasteiger partial charge >= 0.3 is 5.97 Å². The lowest BCUT2D eigenvalue weighted by atomic mass is 10.2. The zero-order valence-electron chi connectivity index (χ0n) is 9.78. The van der Waals surface area contributed by atoms with Crippen molar-refractivity contribution in [3.05, 3.63) is 18.0 Å². The third-order valence-electron chi connectivity index (χ3n) is 2.90. The Morgan fingerprint density at radius 3 is 2.50 bits per heavy atom. The number of hydrogen-bond acceptors (Lipinski definition) is 4. The molecule has 2 N–H and O–H groups in total. The minimum absolute atomic E-state index is 0.0475. The lowest BCUT2D eigenvalue weighted by Crippen LogP contribution is -2.53. The van der Waals surface area contributed by atoms with Gasteiger partial charge in [-0.25, -0.2) is 13.2 Å². The van der Waals surface area contributed by atoms with Crippen LogP contribution in [-0.2, 0) is 16.6 Å². The topological polar surface area (TPSA) is 99.8 Å². The monoisotopic (exact) mass is 274 g/mol. The summed E-state index contributed by atoms with van der Waals surface area (Å²) in [5.74, 6) is -1.16. The van der Waals surface area contributed by atoms with Crippen molar-refractivity contribution in [1.82, 2.24) is 8.87 Å². The average Bonchev–Trinajstić information content (AvgIpc) is 2.69. The number of hydrogen-bond donors (Lipinski definition) is 2. The van der Waals surface area contributed by atoms with Gasteiger partial charge < -0.3 is 14.8 Å². The van der Waals surface area contributed by atoms with Crippen molar-refractivity contribution in [1.29, 1.82) is 0 Å². The maximum atomic E-state index is 12.1. The van der Waals surface area contributed by atoms with Gasteiger partial charge in [0.1, 0.15) is 10.6 Å². The molecule has 1 aliphatic heterocycles. The molecule has 7 nitrogen and oxygen atoms in total. The Labute approximate surface area is 104 Å². The summed E-state index contributed by atoms with van der Waals surface area (Å²) in [4.78, 5) is 10.9. The van der Waals surface area contributed by atoms with Gasteiger partial charge in [-0.15, -0.1) is 0 Å².